The van der Waals surface area contributed by atoms with Gasteiger partial charge >= 0.3 is 6.09 Å². The molecule has 0 aromatic heterocycles. The van der Waals surface area contributed by atoms with Crippen LogP contribution in [-0.2, 0) is 23.8 Å². The summed E-state index contributed by atoms with van der Waals surface area (Å²) < 4.78 is 24.3. The van der Waals surface area contributed by atoms with Crippen molar-refractivity contribution in [3.63, 3.8) is 0 Å². The first-order valence-electron chi connectivity index (χ1n) is 13.7. The molecule has 1 aromatic rings. The second kappa shape index (κ2) is 15.0. The fourth-order valence-corrected chi connectivity index (χ4v) is 4.79. The normalized spacial score (nSPS) is 24.7. The maximum Gasteiger partial charge on any atom is 0.437 e. The third-order valence-electron chi connectivity index (χ3n) is 6.57. The van der Waals surface area contributed by atoms with E-state index in [1.54, 1.807) is 31.2 Å². The minimum atomic E-state index is -0.761. The highest BCUT2D eigenvalue weighted by Crippen LogP contribution is 2.39. The van der Waals surface area contributed by atoms with Gasteiger partial charge in [-0.15, -0.1) is 0 Å². The van der Waals surface area contributed by atoms with Crippen molar-refractivity contribution in [2.45, 2.75) is 122 Å². The SMILES string of the molecule is CCCCCCCCCCCCO[C@H]1O[C@H](/C(C)=N/OC(=O)Nc2ccc(Cl)cc2)[C@@H]2OC(C)(C)O[C@H]12. The minimum Gasteiger partial charge on any atom is -0.350 e. The van der Waals surface area contributed by atoms with Gasteiger partial charge in [-0.3, -0.25) is 10.2 Å². The fourth-order valence-electron chi connectivity index (χ4n) is 4.66. The molecular weight excluding hydrogens is 496 g/mol. The molecule has 0 bridgehead atoms. The molecule has 0 radical (unpaired) electrons. The first-order valence-corrected chi connectivity index (χ1v) is 14.1. The number of amides is 1. The third kappa shape index (κ3) is 9.84. The first-order chi connectivity index (χ1) is 17.8. The lowest BCUT2D eigenvalue weighted by Crippen LogP contribution is -2.34. The summed E-state index contributed by atoms with van der Waals surface area (Å²) in [5.41, 5.74) is 1.02. The summed E-state index contributed by atoms with van der Waals surface area (Å²) in [6.07, 6.45) is 10.1. The molecule has 1 aromatic carbocycles. The van der Waals surface area contributed by atoms with Crippen LogP contribution in [0.5, 0.6) is 0 Å². The van der Waals surface area contributed by atoms with Crippen LogP contribution in [0, 0.1) is 0 Å². The van der Waals surface area contributed by atoms with Gasteiger partial charge in [0.2, 0.25) is 0 Å². The highest BCUT2D eigenvalue weighted by Gasteiger charge is 2.56. The lowest BCUT2D eigenvalue weighted by molar-refractivity contribution is -0.226. The summed E-state index contributed by atoms with van der Waals surface area (Å²) in [5, 5.41) is 7.16. The number of fused-ring (bicyclic) bond motifs is 1. The Balaban J connectivity index is 1.41. The monoisotopic (exact) mass is 538 g/mol. The Bertz CT molecular complexity index is 863. The van der Waals surface area contributed by atoms with E-state index in [1.807, 2.05) is 13.8 Å². The fraction of sp³-hybridized carbons (Fsp3) is 0.714. The third-order valence-corrected chi connectivity index (χ3v) is 6.82. The van der Waals surface area contributed by atoms with Crippen molar-refractivity contribution in [3.8, 4) is 0 Å². The van der Waals surface area contributed by atoms with E-state index < -0.39 is 30.4 Å². The lowest BCUT2D eigenvalue weighted by Gasteiger charge is -2.24. The van der Waals surface area contributed by atoms with E-state index in [4.69, 9.17) is 35.4 Å². The van der Waals surface area contributed by atoms with Crippen LogP contribution in [-0.4, -0.2) is 48.8 Å². The molecule has 2 fully saturated rings. The number of halogens is 1. The Labute approximate surface area is 226 Å². The van der Waals surface area contributed by atoms with E-state index in [9.17, 15) is 4.79 Å². The van der Waals surface area contributed by atoms with Crippen LogP contribution in [0.1, 0.15) is 91.9 Å². The van der Waals surface area contributed by atoms with E-state index >= 15 is 0 Å². The van der Waals surface area contributed by atoms with Gasteiger partial charge in [-0.1, -0.05) is 81.5 Å². The van der Waals surface area contributed by atoms with Gasteiger partial charge in [0, 0.05) is 17.3 Å². The molecule has 1 amide bonds. The zero-order chi connectivity index (χ0) is 26.7. The molecule has 0 spiro atoms. The number of unbranched alkanes of at least 4 members (excludes halogenated alkanes) is 9. The topological polar surface area (TPSA) is 87.6 Å². The van der Waals surface area contributed by atoms with Gasteiger partial charge in [0.15, 0.2) is 12.1 Å². The predicted molar refractivity (Wildman–Crippen MR) is 145 cm³/mol. The van der Waals surface area contributed by atoms with Crippen molar-refractivity contribution in [1.82, 2.24) is 0 Å². The number of ether oxygens (including phenoxy) is 4. The second-order valence-corrected chi connectivity index (χ2v) is 10.7. The largest absolute Gasteiger partial charge is 0.437 e. The van der Waals surface area contributed by atoms with Crippen molar-refractivity contribution >= 4 is 29.1 Å². The van der Waals surface area contributed by atoms with Crippen LogP contribution in [0.4, 0.5) is 10.5 Å². The maximum atomic E-state index is 12.1. The number of rotatable bonds is 15. The molecule has 0 unspecified atom stereocenters. The molecule has 37 heavy (non-hydrogen) atoms. The Morgan fingerprint density at radius 2 is 1.57 bits per heavy atom. The molecule has 9 heteroatoms. The molecule has 0 aliphatic carbocycles. The zero-order valence-electron chi connectivity index (χ0n) is 22.7. The molecule has 4 atom stereocenters. The summed E-state index contributed by atoms with van der Waals surface area (Å²) in [6.45, 7) is 8.31. The number of carbonyl (C=O) groups excluding carboxylic acids is 1. The zero-order valence-corrected chi connectivity index (χ0v) is 23.4. The highest BCUT2D eigenvalue weighted by atomic mass is 35.5. The van der Waals surface area contributed by atoms with E-state index in [2.05, 4.69) is 17.4 Å². The average molecular weight is 539 g/mol. The molecule has 2 aliphatic heterocycles. The van der Waals surface area contributed by atoms with Gasteiger partial charge in [0.05, 0.1) is 5.71 Å². The number of anilines is 1. The number of nitrogens with one attached hydrogen (secondary N) is 1. The summed E-state index contributed by atoms with van der Waals surface area (Å²) in [5.74, 6) is -0.761. The predicted octanol–water partition coefficient (Wildman–Crippen LogP) is 7.45. The Morgan fingerprint density at radius 1 is 0.973 bits per heavy atom. The van der Waals surface area contributed by atoms with Crippen LogP contribution in [0.25, 0.3) is 0 Å². The van der Waals surface area contributed by atoms with Crippen LogP contribution < -0.4 is 5.32 Å². The summed E-state index contributed by atoms with van der Waals surface area (Å²) >= 11 is 5.87. The van der Waals surface area contributed by atoms with E-state index in [-0.39, 0.29) is 6.10 Å². The van der Waals surface area contributed by atoms with Crippen molar-refractivity contribution in [3.05, 3.63) is 29.3 Å². The Hall–Kier alpha value is -1.71. The van der Waals surface area contributed by atoms with E-state index in [0.717, 1.165) is 12.8 Å². The quantitative estimate of drug-likeness (QED) is 0.108. The Kier molecular flexibility index (Phi) is 12.1. The molecule has 2 heterocycles. The maximum absolute atomic E-state index is 12.1. The van der Waals surface area contributed by atoms with Crippen molar-refractivity contribution in [2.75, 3.05) is 11.9 Å². The first kappa shape index (κ1) is 29.8. The van der Waals surface area contributed by atoms with Gasteiger partial charge in [-0.25, -0.2) is 4.79 Å². The Morgan fingerprint density at radius 3 is 2.22 bits per heavy atom. The smallest absolute Gasteiger partial charge is 0.350 e. The number of nitrogens with zero attached hydrogens (tertiary/aromatic N) is 1. The molecule has 1 N–H and O–H groups in total. The number of carbonyl (C=O) groups is 1. The highest BCUT2D eigenvalue weighted by molar-refractivity contribution is 6.30. The molecule has 3 rings (SSSR count). The molecule has 8 nitrogen and oxygen atoms in total. The number of hydrogen-bond acceptors (Lipinski definition) is 7. The summed E-state index contributed by atoms with van der Waals surface area (Å²) in [6, 6.07) is 6.70. The molecule has 208 valence electrons. The van der Waals surface area contributed by atoms with Gasteiger partial charge in [0.1, 0.15) is 18.3 Å². The minimum absolute atomic E-state index is 0.379. The van der Waals surface area contributed by atoms with Crippen LogP contribution >= 0.6 is 11.6 Å². The van der Waals surface area contributed by atoms with Crippen molar-refractivity contribution in [1.29, 1.82) is 0 Å². The van der Waals surface area contributed by atoms with Crippen LogP contribution in [0.2, 0.25) is 5.02 Å². The van der Waals surface area contributed by atoms with Crippen molar-refractivity contribution in [2.24, 2.45) is 5.16 Å². The lowest BCUT2D eigenvalue weighted by atomic mass is 10.1. The number of hydrogen-bond donors (Lipinski definition) is 1. The van der Waals surface area contributed by atoms with Gasteiger partial charge in [-0.2, -0.15) is 0 Å². The summed E-state index contributed by atoms with van der Waals surface area (Å²) in [7, 11) is 0. The van der Waals surface area contributed by atoms with E-state index in [0.29, 0.717) is 23.0 Å². The standard InChI is InChI=1S/C28H43ClN2O6/c1-5-6-7-8-9-10-11-12-13-14-19-33-26-25-24(35-28(3,4)36-25)23(34-26)20(2)31-37-27(32)30-22-17-15-21(29)16-18-22/h15-18,23-26H,5-14,19H2,1-4H3,(H,30,32)/b31-20+/t23-,24+,25+,26+/m1/s1. The number of oxime groups is 1. The van der Waals surface area contributed by atoms with Crippen molar-refractivity contribution < 1.29 is 28.6 Å². The molecule has 0 saturated carbocycles. The van der Waals surface area contributed by atoms with Crippen LogP contribution in [0.15, 0.2) is 29.4 Å². The molecular formula is C28H43ClN2O6. The van der Waals surface area contributed by atoms with Crippen LogP contribution in [0.3, 0.4) is 0 Å². The van der Waals surface area contributed by atoms with Gasteiger partial charge in [-0.05, 0) is 51.5 Å². The molecule has 2 saturated heterocycles. The van der Waals surface area contributed by atoms with Gasteiger partial charge < -0.3 is 18.9 Å². The van der Waals surface area contributed by atoms with Gasteiger partial charge in [0.25, 0.3) is 0 Å². The number of benzene rings is 1. The molecule has 2 aliphatic rings. The van der Waals surface area contributed by atoms with E-state index in [1.165, 1.54) is 51.4 Å². The second-order valence-electron chi connectivity index (χ2n) is 10.3. The average Bonchev–Trinajstić information content (AvgIpc) is 3.35. The summed E-state index contributed by atoms with van der Waals surface area (Å²) in [4.78, 5) is 17.2.